The van der Waals surface area contributed by atoms with Gasteiger partial charge in [-0.05, 0) is 25.5 Å². The Labute approximate surface area is 130 Å². The number of rotatable bonds is 1. The smallest absolute Gasteiger partial charge is 0.262 e. The average Bonchev–Trinajstić information content (AvgIpc) is 2.73. The molecule has 2 aliphatic rings. The first-order valence-corrected chi connectivity index (χ1v) is 7.31. The molecule has 1 atom stereocenters. The summed E-state index contributed by atoms with van der Waals surface area (Å²) in [6.07, 6.45) is 0.304. The summed E-state index contributed by atoms with van der Waals surface area (Å²) in [5.74, 6) is -1.91. The molecule has 2 aliphatic heterocycles. The molecule has 0 radical (unpaired) electrons. The van der Waals surface area contributed by atoms with Crippen LogP contribution < -0.4 is 5.32 Å². The minimum atomic E-state index is -0.902. The summed E-state index contributed by atoms with van der Waals surface area (Å²) in [6.45, 7) is 5.83. The van der Waals surface area contributed by atoms with E-state index >= 15 is 0 Å². The molecular formula is C16H20N2O4. The van der Waals surface area contributed by atoms with Gasteiger partial charge in [0.05, 0.1) is 11.1 Å². The number of fused-ring (bicyclic) bond motifs is 1. The molecule has 6 heteroatoms. The second-order valence-electron chi connectivity index (χ2n) is 5.00. The molecule has 1 N–H and O–H groups in total. The van der Waals surface area contributed by atoms with E-state index < -0.39 is 23.8 Å². The third-order valence-electron chi connectivity index (χ3n) is 3.60. The molecule has 0 saturated carbocycles. The lowest BCUT2D eigenvalue weighted by molar-refractivity contribution is -0.136. The van der Waals surface area contributed by atoms with Gasteiger partial charge in [-0.15, -0.1) is 0 Å². The first-order chi connectivity index (χ1) is 10.5. The SMILES string of the molecule is CC.Cc1ccc2c(c1)C(=O)N(C1CCC(=O)NC1=O)C2=O.[HH]. The number of piperidine rings is 1. The van der Waals surface area contributed by atoms with Crippen LogP contribution in [0.2, 0.25) is 0 Å². The number of hydrogen-bond acceptors (Lipinski definition) is 4. The number of hydrogen-bond donors (Lipinski definition) is 1. The highest BCUT2D eigenvalue weighted by molar-refractivity contribution is 6.23. The zero-order chi connectivity index (χ0) is 16.4. The predicted molar refractivity (Wildman–Crippen MR) is 81.3 cm³/mol. The number of benzene rings is 1. The maximum Gasteiger partial charge on any atom is 0.262 e. The van der Waals surface area contributed by atoms with Gasteiger partial charge in [0.25, 0.3) is 11.8 Å². The van der Waals surface area contributed by atoms with E-state index in [1.54, 1.807) is 18.2 Å². The van der Waals surface area contributed by atoms with Gasteiger partial charge >= 0.3 is 0 Å². The fraction of sp³-hybridized carbons (Fsp3) is 0.375. The Morgan fingerprint density at radius 1 is 1.09 bits per heavy atom. The van der Waals surface area contributed by atoms with Crippen molar-refractivity contribution in [3.8, 4) is 0 Å². The summed E-state index contributed by atoms with van der Waals surface area (Å²) in [7, 11) is 0. The number of imide groups is 2. The van der Waals surface area contributed by atoms with Gasteiger partial charge in [-0.25, -0.2) is 0 Å². The molecule has 2 heterocycles. The van der Waals surface area contributed by atoms with E-state index in [4.69, 9.17) is 0 Å². The summed E-state index contributed by atoms with van der Waals surface area (Å²) in [6, 6.07) is 4.08. The Balaban J connectivity index is 0.000000849. The van der Waals surface area contributed by atoms with Crippen molar-refractivity contribution < 1.29 is 20.6 Å². The molecule has 3 rings (SSSR count). The molecule has 1 saturated heterocycles. The zero-order valence-corrected chi connectivity index (χ0v) is 12.8. The van der Waals surface area contributed by atoms with Gasteiger partial charge in [-0.3, -0.25) is 29.4 Å². The van der Waals surface area contributed by atoms with Crippen LogP contribution in [-0.2, 0) is 9.59 Å². The van der Waals surface area contributed by atoms with Gasteiger partial charge in [0, 0.05) is 7.85 Å². The number of nitrogens with zero attached hydrogens (tertiary/aromatic N) is 1. The number of carbonyl (C=O) groups is 4. The Hall–Kier alpha value is -2.50. The van der Waals surface area contributed by atoms with Gasteiger partial charge in [-0.2, -0.15) is 0 Å². The molecule has 0 aromatic heterocycles. The van der Waals surface area contributed by atoms with Gasteiger partial charge < -0.3 is 0 Å². The zero-order valence-electron chi connectivity index (χ0n) is 12.8. The molecular weight excluding hydrogens is 284 g/mol. The maximum atomic E-state index is 12.3. The van der Waals surface area contributed by atoms with Crippen LogP contribution >= 0.6 is 0 Å². The van der Waals surface area contributed by atoms with Crippen molar-refractivity contribution in [3.05, 3.63) is 34.9 Å². The normalized spacial score (nSPS) is 20.3. The van der Waals surface area contributed by atoms with E-state index in [9.17, 15) is 19.2 Å². The summed E-state index contributed by atoms with van der Waals surface area (Å²) in [4.78, 5) is 48.5. The summed E-state index contributed by atoms with van der Waals surface area (Å²) in [5, 5.41) is 2.16. The van der Waals surface area contributed by atoms with Crippen LogP contribution in [0.5, 0.6) is 0 Å². The van der Waals surface area contributed by atoms with Crippen molar-refractivity contribution in [3.63, 3.8) is 0 Å². The second-order valence-corrected chi connectivity index (χ2v) is 5.00. The van der Waals surface area contributed by atoms with Crippen molar-refractivity contribution in [2.45, 2.75) is 39.7 Å². The molecule has 118 valence electrons. The van der Waals surface area contributed by atoms with Crippen LogP contribution in [0.3, 0.4) is 0 Å². The molecule has 0 spiro atoms. The lowest BCUT2D eigenvalue weighted by Gasteiger charge is -2.27. The first-order valence-electron chi connectivity index (χ1n) is 7.31. The summed E-state index contributed by atoms with van der Waals surface area (Å²) < 4.78 is 0. The van der Waals surface area contributed by atoms with Crippen LogP contribution in [0.25, 0.3) is 0 Å². The molecule has 22 heavy (non-hydrogen) atoms. The Morgan fingerprint density at radius 3 is 2.36 bits per heavy atom. The number of carbonyl (C=O) groups excluding carboxylic acids is 4. The molecule has 1 aromatic carbocycles. The van der Waals surface area contributed by atoms with Crippen molar-refractivity contribution in [1.82, 2.24) is 10.2 Å². The van der Waals surface area contributed by atoms with Crippen LogP contribution in [0.15, 0.2) is 18.2 Å². The third-order valence-corrected chi connectivity index (χ3v) is 3.60. The standard InChI is InChI=1S/C14H12N2O4.C2H6.H2/c1-7-2-3-8-9(6-7)14(20)16(13(8)19)10-4-5-11(17)15-12(10)18;1-2;/h2-3,6,10H,4-5H2,1H3,(H,15,17,18);1-2H3;1H. The predicted octanol–water partition coefficient (Wildman–Crippen LogP) is 1.67. The Morgan fingerprint density at radius 2 is 1.73 bits per heavy atom. The lowest BCUT2D eigenvalue weighted by atomic mass is 10.0. The van der Waals surface area contributed by atoms with Gasteiger partial charge in [0.2, 0.25) is 11.8 Å². The molecule has 0 bridgehead atoms. The van der Waals surface area contributed by atoms with E-state index in [2.05, 4.69) is 5.32 Å². The highest BCUT2D eigenvalue weighted by Gasteiger charge is 2.44. The summed E-state index contributed by atoms with van der Waals surface area (Å²) in [5.41, 5.74) is 1.50. The van der Waals surface area contributed by atoms with E-state index in [0.717, 1.165) is 10.5 Å². The topological polar surface area (TPSA) is 83.6 Å². The van der Waals surface area contributed by atoms with Crippen LogP contribution in [0, 0.1) is 6.92 Å². The quantitative estimate of drug-likeness (QED) is 0.800. The maximum absolute atomic E-state index is 12.3. The molecule has 0 aliphatic carbocycles. The van der Waals surface area contributed by atoms with Crippen LogP contribution in [0.4, 0.5) is 0 Å². The van der Waals surface area contributed by atoms with Gasteiger partial charge in [0.1, 0.15) is 6.04 Å². The fourth-order valence-electron chi connectivity index (χ4n) is 2.58. The minimum Gasteiger partial charge on any atom is -0.295 e. The minimum absolute atomic E-state index is 0. The van der Waals surface area contributed by atoms with Crippen molar-refractivity contribution in [1.29, 1.82) is 0 Å². The third kappa shape index (κ3) is 2.52. The average molecular weight is 304 g/mol. The largest absolute Gasteiger partial charge is 0.295 e. The number of nitrogens with one attached hydrogen (secondary N) is 1. The molecule has 1 fully saturated rings. The number of amides is 4. The molecule has 1 unspecified atom stereocenters. The first kappa shape index (κ1) is 15.9. The lowest BCUT2D eigenvalue weighted by Crippen LogP contribution is -2.54. The second kappa shape index (κ2) is 6.09. The fourth-order valence-corrected chi connectivity index (χ4v) is 2.58. The highest BCUT2D eigenvalue weighted by Crippen LogP contribution is 2.27. The van der Waals surface area contributed by atoms with Crippen molar-refractivity contribution in [2.75, 3.05) is 0 Å². The van der Waals surface area contributed by atoms with E-state index in [-0.39, 0.29) is 20.2 Å². The Bertz CT molecular complexity index is 672. The van der Waals surface area contributed by atoms with Crippen molar-refractivity contribution >= 4 is 23.6 Å². The molecule has 6 nitrogen and oxygen atoms in total. The van der Waals surface area contributed by atoms with Gasteiger partial charge in [-0.1, -0.05) is 25.5 Å². The van der Waals surface area contributed by atoms with Crippen LogP contribution in [-0.4, -0.2) is 34.6 Å². The Kier molecular flexibility index (Phi) is 4.40. The highest BCUT2D eigenvalue weighted by atomic mass is 16.2. The van der Waals surface area contributed by atoms with Gasteiger partial charge in [0.15, 0.2) is 0 Å². The van der Waals surface area contributed by atoms with E-state index in [0.29, 0.717) is 11.1 Å². The summed E-state index contributed by atoms with van der Waals surface area (Å²) >= 11 is 0. The molecule has 1 aromatic rings. The monoisotopic (exact) mass is 304 g/mol. The van der Waals surface area contributed by atoms with E-state index in [1.165, 1.54) is 0 Å². The number of aryl methyl sites for hydroxylation is 1. The van der Waals surface area contributed by atoms with Crippen molar-refractivity contribution in [2.24, 2.45) is 0 Å². The molecule has 4 amide bonds. The van der Waals surface area contributed by atoms with E-state index in [1.807, 2.05) is 20.8 Å². The van der Waals surface area contributed by atoms with Crippen LogP contribution in [0.1, 0.15) is 54.4 Å².